The van der Waals surface area contributed by atoms with Gasteiger partial charge < -0.3 is 29.4 Å². The molecule has 0 radical (unpaired) electrons. The van der Waals surface area contributed by atoms with E-state index in [0.29, 0.717) is 41.7 Å². The maximum absolute atomic E-state index is 14.7. The van der Waals surface area contributed by atoms with E-state index >= 15 is 0 Å². The first-order valence-corrected chi connectivity index (χ1v) is 15.9. The fraction of sp³-hybridized carbons (Fsp3) is 0.257. The average molecular weight is 699 g/mol. The van der Waals surface area contributed by atoms with Crippen molar-refractivity contribution in [1.29, 1.82) is 0 Å². The van der Waals surface area contributed by atoms with E-state index in [1.54, 1.807) is 12.1 Å². The molecule has 1 amide bonds. The molecule has 240 valence electrons. The second-order valence-electron chi connectivity index (χ2n) is 11.0. The van der Waals surface area contributed by atoms with Crippen molar-refractivity contribution in [3.63, 3.8) is 0 Å². The molecule has 0 bridgehead atoms. The molecule has 0 spiro atoms. The Hall–Kier alpha value is -5.03. The zero-order valence-electron chi connectivity index (χ0n) is 25.3. The molecule has 0 saturated carbocycles. The van der Waals surface area contributed by atoms with Gasteiger partial charge in [-0.15, -0.1) is 0 Å². The van der Waals surface area contributed by atoms with Crippen LogP contribution in [0.2, 0.25) is 0 Å². The number of halogens is 1. The summed E-state index contributed by atoms with van der Waals surface area (Å²) in [5.41, 5.74) is 11.4. The highest BCUT2D eigenvalue weighted by Gasteiger charge is 2.54. The molecule has 11 nitrogen and oxygen atoms in total. The molecule has 2 N–H and O–H groups in total. The third-order valence-corrected chi connectivity index (χ3v) is 8.71. The van der Waals surface area contributed by atoms with Gasteiger partial charge in [0.1, 0.15) is 5.75 Å². The number of aliphatic hydroxyl groups is 1. The van der Waals surface area contributed by atoms with Crippen LogP contribution >= 0.6 is 15.9 Å². The van der Waals surface area contributed by atoms with Gasteiger partial charge in [0.25, 0.3) is 5.91 Å². The standard InChI is InChI=1S/C35H32BrN5O6/c36-29-9-4-3-8-28(29)32-35(19-25-6-1-2-7-26(25)21-39-41-37,34(43)38-20-23-10-15-30-31(18-23)46-22-45-30)40-33(47-32)24-11-13-27(14-12-24)44-17-5-16-42/h1-4,6-15,18,32,42H,5,16-17,19-22H2,(H,38,43)/t32-,35-/m1/s1. The smallest absolute Gasteiger partial charge is 0.252 e. The fourth-order valence-corrected chi connectivity index (χ4v) is 6.11. The summed E-state index contributed by atoms with van der Waals surface area (Å²) in [4.78, 5) is 22.8. The molecule has 47 heavy (non-hydrogen) atoms. The third kappa shape index (κ3) is 7.05. The van der Waals surface area contributed by atoms with Crippen molar-refractivity contribution in [3.8, 4) is 17.2 Å². The normalized spacial score (nSPS) is 17.7. The van der Waals surface area contributed by atoms with E-state index in [2.05, 4.69) is 31.3 Å². The van der Waals surface area contributed by atoms with Crippen LogP contribution in [0.25, 0.3) is 10.4 Å². The Bertz CT molecular complexity index is 1830. The number of ether oxygens (including phenoxy) is 4. The van der Waals surface area contributed by atoms with Gasteiger partial charge >= 0.3 is 0 Å². The van der Waals surface area contributed by atoms with Crippen LogP contribution in [0.3, 0.4) is 0 Å². The summed E-state index contributed by atoms with van der Waals surface area (Å²) in [6.07, 6.45) is -0.136. The van der Waals surface area contributed by atoms with E-state index in [1.165, 1.54) is 0 Å². The van der Waals surface area contributed by atoms with Crippen LogP contribution in [0, 0.1) is 0 Å². The van der Waals surface area contributed by atoms with Crippen LogP contribution in [-0.2, 0) is 29.0 Å². The van der Waals surface area contributed by atoms with E-state index in [0.717, 1.165) is 26.7 Å². The number of carbonyl (C=O) groups excluding carboxylic acids is 1. The Morgan fingerprint density at radius 1 is 1.04 bits per heavy atom. The second-order valence-corrected chi connectivity index (χ2v) is 11.9. The lowest BCUT2D eigenvalue weighted by Crippen LogP contribution is -2.50. The zero-order valence-corrected chi connectivity index (χ0v) is 26.9. The topological polar surface area (TPSA) is 147 Å². The van der Waals surface area contributed by atoms with Gasteiger partial charge in [-0.3, -0.25) is 4.79 Å². The number of benzene rings is 4. The molecule has 4 aromatic rings. The molecule has 0 aliphatic carbocycles. The van der Waals surface area contributed by atoms with Crippen molar-refractivity contribution in [2.45, 2.75) is 37.6 Å². The number of aliphatic hydroxyl groups excluding tert-OH is 1. The quantitative estimate of drug-likeness (QED) is 0.0699. The largest absolute Gasteiger partial charge is 0.494 e. The molecule has 2 heterocycles. The van der Waals surface area contributed by atoms with Crippen LogP contribution in [0.5, 0.6) is 17.2 Å². The Morgan fingerprint density at radius 3 is 2.60 bits per heavy atom. The predicted octanol–water partition coefficient (Wildman–Crippen LogP) is 6.57. The first-order valence-electron chi connectivity index (χ1n) is 15.1. The van der Waals surface area contributed by atoms with Gasteiger partial charge in [-0.2, -0.15) is 0 Å². The van der Waals surface area contributed by atoms with Gasteiger partial charge in [-0.25, -0.2) is 4.99 Å². The summed E-state index contributed by atoms with van der Waals surface area (Å²) in [6, 6.07) is 28.0. The minimum Gasteiger partial charge on any atom is -0.494 e. The molecule has 12 heteroatoms. The highest BCUT2D eigenvalue weighted by atomic mass is 79.9. The van der Waals surface area contributed by atoms with E-state index in [1.807, 2.05) is 78.9 Å². The SMILES string of the molecule is [N-]=[N+]=NCc1ccccc1C[C@@]1(C(=O)NCc2ccc3c(c2)OCO3)N=C(c2ccc(OCCCO)cc2)O[C@@H]1c1ccccc1Br. The van der Waals surface area contributed by atoms with Crippen LogP contribution in [0.4, 0.5) is 0 Å². The van der Waals surface area contributed by atoms with Crippen molar-refractivity contribution in [3.05, 3.63) is 134 Å². The van der Waals surface area contributed by atoms with Crippen molar-refractivity contribution >= 4 is 27.7 Å². The summed E-state index contributed by atoms with van der Waals surface area (Å²) < 4.78 is 24.1. The highest BCUT2D eigenvalue weighted by molar-refractivity contribution is 9.10. The summed E-state index contributed by atoms with van der Waals surface area (Å²) in [7, 11) is 0. The van der Waals surface area contributed by atoms with Gasteiger partial charge in [0.15, 0.2) is 23.1 Å². The zero-order chi connectivity index (χ0) is 32.6. The van der Waals surface area contributed by atoms with Crippen molar-refractivity contribution in [2.24, 2.45) is 10.1 Å². The molecule has 2 aliphatic rings. The van der Waals surface area contributed by atoms with Crippen LogP contribution in [-0.4, -0.2) is 42.5 Å². The minimum atomic E-state index is -1.46. The second kappa shape index (κ2) is 14.6. The predicted molar refractivity (Wildman–Crippen MR) is 178 cm³/mol. The lowest BCUT2D eigenvalue weighted by Gasteiger charge is -2.32. The Balaban J connectivity index is 1.42. The Labute approximate surface area is 279 Å². The van der Waals surface area contributed by atoms with E-state index in [-0.39, 0.29) is 38.8 Å². The van der Waals surface area contributed by atoms with E-state index < -0.39 is 11.6 Å². The number of aliphatic imine (C=N–C) groups is 1. The summed E-state index contributed by atoms with van der Waals surface area (Å²) in [5, 5.41) is 16.0. The first-order chi connectivity index (χ1) is 23.0. The van der Waals surface area contributed by atoms with Gasteiger partial charge in [-0.1, -0.05) is 69.6 Å². The van der Waals surface area contributed by atoms with Gasteiger partial charge in [0, 0.05) is 46.5 Å². The minimum absolute atomic E-state index is 0.0456. The lowest BCUT2D eigenvalue weighted by molar-refractivity contribution is -0.129. The molecule has 0 unspecified atom stereocenters. The molecule has 2 aliphatic heterocycles. The van der Waals surface area contributed by atoms with Crippen LogP contribution in [0.1, 0.15) is 40.3 Å². The number of amides is 1. The third-order valence-electron chi connectivity index (χ3n) is 7.99. The number of fused-ring (bicyclic) bond motifs is 1. The first kappa shape index (κ1) is 31.9. The highest BCUT2D eigenvalue weighted by Crippen LogP contribution is 2.45. The Kier molecular flexibility index (Phi) is 9.92. The molecule has 0 fully saturated rings. The molecule has 2 atom stereocenters. The summed E-state index contributed by atoms with van der Waals surface area (Å²) in [5.74, 6) is 1.89. The summed E-state index contributed by atoms with van der Waals surface area (Å²) >= 11 is 3.68. The van der Waals surface area contributed by atoms with Crippen LogP contribution < -0.4 is 19.5 Å². The molecular weight excluding hydrogens is 666 g/mol. The van der Waals surface area contributed by atoms with Gasteiger partial charge in [-0.05, 0) is 64.7 Å². The van der Waals surface area contributed by atoms with E-state index in [9.17, 15) is 4.79 Å². The lowest BCUT2D eigenvalue weighted by atomic mass is 9.81. The fourth-order valence-electron chi connectivity index (χ4n) is 5.62. The maximum atomic E-state index is 14.7. The van der Waals surface area contributed by atoms with Gasteiger partial charge in [0.2, 0.25) is 12.7 Å². The molecule has 4 aromatic carbocycles. The summed E-state index contributed by atoms with van der Waals surface area (Å²) in [6.45, 7) is 0.923. The number of hydrogen-bond donors (Lipinski definition) is 2. The average Bonchev–Trinajstić information content (AvgIpc) is 3.73. The molecular formula is C35H32BrN5O6. The van der Waals surface area contributed by atoms with Crippen molar-refractivity contribution in [2.75, 3.05) is 20.0 Å². The molecule has 0 saturated heterocycles. The Morgan fingerprint density at radius 2 is 1.81 bits per heavy atom. The maximum Gasteiger partial charge on any atom is 0.252 e. The van der Waals surface area contributed by atoms with Crippen LogP contribution in [0.15, 0.2) is 106 Å². The van der Waals surface area contributed by atoms with Gasteiger partial charge in [0.05, 0.1) is 13.2 Å². The molecule has 6 rings (SSSR count). The molecule has 0 aromatic heterocycles. The number of carbonyl (C=O) groups is 1. The van der Waals surface area contributed by atoms with E-state index in [4.69, 9.17) is 34.6 Å². The monoisotopic (exact) mass is 697 g/mol. The number of hydrogen-bond acceptors (Lipinski definition) is 8. The number of rotatable bonds is 13. The van der Waals surface area contributed by atoms with Crippen molar-refractivity contribution in [1.82, 2.24) is 5.32 Å². The number of nitrogens with zero attached hydrogens (tertiary/aromatic N) is 4. The number of azide groups is 1. The van der Waals surface area contributed by atoms with Crippen molar-refractivity contribution < 1.29 is 28.8 Å². The number of nitrogens with one attached hydrogen (secondary N) is 1.